The number of nitrogens with zero attached hydrogens (tertiary/aromatic N) is 2. The van der Waals surface area contributed by atoms with Crippen LogP contribution in [-0.4, -0.2) is 39.0 Å². The Hall–Kier alpha value is -2.08. The quantitative estimate of drug-likeness (QED) is 0.593. The minimum Gasteiger partial charge on any atom is -0.308 e. The fraction of sp³-hybridized carbons (Fsp3) is 0.450. The van der Waals surface area contributed by atoms with E-state index in [1.807, 2.05) is 0 Å². The Labute approximate surface area is 192 Å². The van der Waals surface area contributed by atoms with Gasteiger partial charge in [0.25, 0.3) is 10.0 Å². The molecule has 2 aromatic rings. The molecule has 1 unspecified atom stereocenters. The predicted molar refractivity (Wildman–Crippen MR) is 121 cm³/mol. The Morgan fingerprint density at radius 2 is 1.91 bits per heavy atom. The molecule has 1 aromatic carbocycles. The SMILES string of the molecule is Cc1cnc(NC(=O)C(CC2CCCC2)c2ccc(S(C)(=O)=O)c(Cl)c2)c(S(N)(=O)=O)n1. The van der Waals surface area contributed by atoms with E-state index in [1.165, 1.54) is 18.3 Å². The van der Waals surface area contributed by atoms with Gasteiger partial charge < -0.3 is 5.32 Å². The van der Waals surface area contributed by atoms with Crippen molar-refractivity contribution in [1.29, 1.82) is 0 Å². The number of carbonyl (C=O) groups is 1. The Balaban J connectivity index is 1.98. The average molecular weight is 501 g/mol. The summed E-state index contributed by atoms with van der Waals surface area (Å²) in [7, 11) is -7.74. The molecular formula is C20H25ClN4O5S2. The maximum absolute atomic E-state index is 13.3. The lowest BCUT2D eigenvalue weighted by atomic mass is 9.87. The molecule has 32 heavy (non-hydrogen) atoms. The van der Waals surface area contributed by atoms with Crippen LogP contribution < -0.4 is 10.5 Å². The molecule has 174 valence electrons. The van der Waals surface area contributed by atoms with Crippen LogP contribution in [0, 0.1) is 12.8 Å². The molecule has 1 amide bonds. The number of hydrogen-bond donors (Lipinski definition) is 2. The highest BCUT2D eigenvalue weighted by atomic mass is 35.5. The van der Waals surface area contributed by atoms with Gasteiger partial charge in [0.1, 0.15) is 0 Å². The molecule has 0 bridgehead atoms. The summed E-state index contributed by atoms with van der Waals surface area (Å²) in [6.07, 6.45) is 6.99. The van der Waals surface area contributed by atoms with Crippen molar-refractivity contribution in [3.63, 3.8) is 0 Å². The van der Waals surface area contributed by atoms with Crippen molar-refractivity contribution in [3.8, 4) is 0 Å². The number of halogens is 1. The van der Waals surface area contributed by atoms with Gasteiger partial charge in [-0.3, -0.25) is 4.79 Å². The molecule has 1 saturated carbocycles. The van der Waals surface area contributed by atoms with Crippen molar-refractivity contribution in [2.45, 2.75) is 54.9 Å². The molecule has 3 rings (SSSR count). The first-order chi connectivity index (χ1) is 14.9. The zero-order valence-electron chi connectivity index (χ0n) is 17.7. The second kappa shape index (κ2) is 9.42. The lowest BCUT2D eigenvalue weighted by Gasteiger charge is -2.21. The summed E-state index contributed by atoms with van der Waals surface area (Å²) in [6, 6.07) is 4.41. The van der Waals surface area contributed by atoms with Crippen molar-refractivity contribution in [3.05, 3.63) is 40.7 Å². The predicted octanol–water partition coefficient (Wildman–Crippen LogP) is 2.79. The number of carbonyl (C=O) groups excluding carboxylic acids is 1. The van der Waals surface area contributed by atoms with Gasteiger partial charge in [0.05, 0.1) is 27.7 Å². The monoisotopic (exact) mass is 500 g/mol. The number of rotatable bonds is 7. The molecule has 1 heterocycles. The third-order valence-corrected chi connectivity index (χ3v) is 7.89. The molecule has 0 aliphatic heterocycles. The maximum Gasteiger partial charge on any atom is 0.259 e. The lowest BCUT2D eigenvalue weighted by molar-refractivity contribution is -0.118. The van der Waals surface area contributed by atoms with E-state index in [0.717, 1.165) is 31.9 Å². The number of anilines is 1. The molecule has 0 radical (unpaired) electrons. The fourth-order valence-electron chi connectivity index (χ4n) is 3.95. The van der Waals surface area contributed by atoms with E-state index in [1.54, 1.807) is 13.0 Å². The summed E-state index contributed by atoms with van der Waals surface area (Å²) in [5.41, 5.74) is 0.863. The number of nitrogens with two attached hydrogens (primary N) is 1. The molecule has 9 nitrogen and oxygen atoms in total. The normalized spacial score (nSPS) is 16.1. The minimum absolute atomic E-state index is 0.0228. The number of benzene rings is 1. The van der Waals surface area contributed by atoms with Crippen LogP contribution in [0.2, 0.25) is 5.02 Å². The third kappa shape index (κ3) is 5.83. The number of sulfone groups is 1. The Bertz CT molecular complexity index is 1240. The van der Waals surface area contributed by atoms with E-state index >= 15 is 0 Å². The van der Waals surface area contributed by atoms with E-state index < -0.39 is 36.7 Å². The zero-order chi connectivity index (χ0) is 23.7. The molecule has 1 aliphatic carbocycles. The minimum atomic E-state index is -4.22. The largest absolute Gasteiger partial charge is 0.308 e. The average Bonchev–Trinajstić information content (AvgIpc) is 3.18. The molecule has 12 heteroatoms. The van der Waals surface area contributed by atoms with E-state index in [4.69, 9.17) is 16.7 Å². The molecule has 1 atom stereocenters. The van der Waals surface area contributed by atoms with Crippen molar-refractivity contribution in [1.82, 2.24) is 9.97 Å². The molecule has 0 spiro atoms. The van der Waals surface area contributed by atoms with Crippen molar-refractivity contribution in [2.75, 3.05) is 11.6 Å². The second-order valence-electron chi connectivity index (χ2n) is 8.10. The summed E-state index contributed by atoms with van der Waals surface area (Å²) in [5.74, 6) is -1.14. The van der Waals surface area contributed by atoms with Gasteiger partial charge in [-0.2, -0.15) is 0 Å². The molecule has 3 N–H and O–H groups in total. The van der Waals surface area contributed by atoms with Crippen LogP contribution >= 0.6 is 11.6 Å². The van der Waals surface area contributed by atoms with Crippen LogP contribution in [0.5, 0.6) is 0 Å². The standard InChI is InChI=1S/C20H25ClN4O5S2/c1-12-11-23-18(20(24-12)32(22,29)30)25-19(26)15(9-13-5-3-4-6-13)14-7-8-17(16(21)10-14)31(2,27)28/h7-8,10-11,13,15H,3-6,9H2,1-2H3,(H2,22,29,30)(H,23,25,26). The first-order valence-electron chi connectivity index (χ1n) is 10.0. The Morgan fingerprint density at radius 1 is 1.25 bits per heavy atom. The first-order valence-corrected chi connectivity index (χ1v) is 13.8. The Kier molecular flexibility index (Phi) is 7.23. The Morgan fingerprint density at radius 3 is 2.47 bits per heavy atom. The zero-order valence-corrected chi connectivity index (χ0v) is 20.1. The number of primary sulfonamides is 1. The van der Waals surface area contributed by atoms with Crippen LogP contribution in [0.15, 0.2) is 34.3 Å². The van der Waals surface area contributed by atoms with Gasteiger partial charge in [-0.1, -0.05) is 43.4 Å². The van der Waals surface area contributed by atoms with Gasteiger partial charge in [-0.15, -0.1) is 0 Å². The fourth-order valence-corrected chi connectivity index (χ4v) is 5.93. The van der Waals surface area contributed by atoms with Crippen LogP contribution in [0.3, 0.4) is 0 Å². The second-order valence-corrected chi connectivity index (χ2v) is 12.0. The van der Waals surface area contributed by atoms with E-state index in [0.29, 0.717) is 23.6 Å². The summed E-state index contributed by atoms with van der Waals surface area (Å²) in [6.45, 7) is 1.56. The van der Waals surface area contributed by atoms with Gasteiger partial charge in [0.15, 0.2) is 15.7 Å². The van der Waals surface area contributed by atoms with Crippen molar-refractivity contribution < 1.29 is 21.6 Å². The number of hydrogen-bond acceptors (Lipinski definition) is 7. The van der Waals surface area contributed by atoms with Crippen molar-refractivity contribution in [2.24, 2.45) is 11.1 Å². The topological polar surface area (TPSA) is 149 Å². The highest BCUT2D eigenvalue weighted by Gasteiger charge is 2.29. The van der Waals surface area contributed by atoms with Crippen molar-refractivity contribution >= 4 is 43.2 Å². The van der Waals surface area contributed by atoms with Crippen LogP contribution in [-0.2, 0) is 24.7 Å². The van der Waals surface area contributed by atoms with Crippen LogP contribution in [0.25, 0.3) is 0 Å². The summed E-state index contributed by atoms with van der Waals surface area (Å²) in [5, 5.41) is 7.30. The highest BCUT2D eigenvalue weighted by molar-refractivity contribution is 7.90. The van der Waals surface area contributed by atoms with Gasteiger partial charge in [-0.25, -0.2) is 31.9 Å². The maximum atomic E-state index is 13.3. The third-order valence-electron chi connectivity index (χ3n) is 5.49. The highest BCUT2D eigenvalue weighted by Crippen LogP contribution is 2.36. The smallest absolute Gasteiger partial charge is 0.259 e. The summed E-state index contributed by atoms with van der Waals surface area (Å²) in [4.78, 5) is 21.2. The number of aryl methyl sites for hydroxylation is 1. The number of amides is 1. The molecule has 0 saturated heterocycles. The first kappa shape index (κ1) is 24.6. The molecular weight excluding hydrogens is 476 g/mol. The lowest BCUT2D eigenvalue weighted by Crippen LogP contribution is -2.26. The van der Waals surface area contributed by atoms with Gasteiger partial charge >= 0.3 is 0 Å². The number of nitrogens with one attached hydrogen (secondary N) is 1. The van der Waals surface area contributed by atoms with E-state index in [9.17, 15) is 21.6 Å². The van der Waals surface area contributed by atoms with Gasteiger partial charge in [0.2, 0.25) is 10.9 Å². The molecule has 1 aliphatic rings. The van der Waals surface area contributed by atoms with Gasteiger partial charge in [0, 0.05) is 6.26 Å². The van der Waals surface area contributed by atoms with E-state index in [2.05, 4.69) is 15.3 Å². The van der Waals surface area contributed by atoms with Gasteiger partial charge in [-0.05, 0) is 37.0 Å². The van der Waals surface area contributed by atoms with Crippen LogP contribution in [0.4, 0.5) is 5.82 Å². The molecule has 1 aromatic heterocycles. The molecule has 1 fully saturated rings. The number of sulfonamides is 1. The summed E-state index contributed by atoms with van der Waals surface area (Å²) < 4.78 is 47.7. The van der Waals surface area contributed by atoms with E-state index in [-0.39, 0.29) is 15.7 Å². The number of aromatic nitrogens is 2. The summed E-state index contributed by atoms with van der Waals surface area (Å²) >= 11 is 6.21. The van der Waals surface area contributed by atoms with Crippen LogP contribution in [0.1, 0.15) is 49.3 Å².